The van der Waals surface area contributed by atoms with Crippen LogP contribution in [0.15, 0.2) is 54.7 Å². The SMILES string of the molecule is CC.Cc1ccccc1C(=O)Nc1ccc(-c2cc3c(cc2C)OC2(COC2)O3)cn1. The molecule has 31 heavy (non-hydrogen) atoms. The summed E-state index contributed by atoms with van der Waals surface area (Å²) in [5.41, 5.74) is 4.57. The molecule has 1 spiro atoms. The lowest BCUT2D eigenvalue weighted by atomic mass is 10.0. The number of pyridine rings is 1. The monoisotopic (exact) mass is 418 g/mol. The number of anilines is 1. The smallest absolute Gasteiger partial charge is 0.298 e. The average Bonchev–Trinajstić information content (AvgIpc) is 3.15. The van der Waals surface area contributed by atoms with Crippen molar-refractivity contribution in [3.8, 4) is 22.6 Å². The van der Waals surface area contributed by atoms with Gasteiger partial charge in [0.05, 0.1) is 0 Å². The topological polar surface area (TPSA) is 69.7 Å². The summed E-state index contributed by atoms with van der Waals surface area (Å²) in [6.07, 6.45) is 1.75. The van der Waals surface area contributed by atoms with Crippen molar-refractivity contribution >= 4 is 11.7 Å². The third-order valence-corrected chi connectivity index (χ3v) is 5.23. The van der Waals surface area contributed by atoms with E-state index in [1.807, 2.05) is 64.1 Å². The molecule has 0 aliphatic carbocycles. The van der Waals surface area contributed by atoms with E-state index in [0.717, 1.165) is 28.0 Å². The fraction of sp³-hybridized carbons (Fsp3) is 0.280. The zero-order valence-corrected chi connectivity index (χ0v) is 18.2. The molecule has 0 radical (unpaired) electrons. The second kappa shape index (κ2) is 8.40. The molecule has 0 bridgehead atoms. The molecule has 6 heteroatoms. The van der Waals surface area contributed by atoms with Gasteiger partial charge < -0.3 is 19.5 Å². The van der Waals surface area contributed by atoms with Crippen LogP contribution < -0.4 is 14.8 Å². The Bertz CT molecular complexity index is 1110. The molecule has 1 fully saturated rings. The summed E-state index contributed by atoms with van der Waals surface area (Å²) in [6.45, 7) is 8.81. The van der Waals surface area contributed by atoms with Crippen molar-refractivity contribution in [1.29, 1.82) is 0 Å². The van der Waals surface area contributed by atoms with Crippen LogP contribution in [0.1, 0.15) is 35.3 Å². The largest absolute Gasteiger partial charge is 0.444 e. The van der Waals surface area contributed by atoms with Crippen LogP contribution in [0.2, 0.25) is 0 Å². The van der Waals surface area contributed by atoms with Gasteiger partial charge in [0.25, 0.3) is 11.7 Å². The summed E-state index contributed by atoms with van der Waals surface area (Å²) in [5.74, 6) is 1.13. The number of carbonyl (C=O) groups is 1. The third kappa shape index (κ3) is 3.99. The predicted molar refractivity (Wildman–Crippen MR) is 120 cm³/mol. The molecular weight excluding hydrogens is 392 g/mol. The van der Waals surface area contributed by atoms with E-state index in [4.69, 9.17) is 14.2 Å². The molecule has 2 aromatic carbocycles. The first-order valence-electron chi connectivity index (χ1n) is 10.5. The fourth-order valence-corrected chi connectivity index (χ4v) is 3.58. The standard InChI is InChI=1S/C23H20N2O4.C2H6/c1-14-5-3-4-6-17(14)22(26)25-21-8-7-16(11-24-21)18-10-20-19(9-15(18)2)28-23(29-20)12-27-13-23;1-2/h3-11H,12-13H2,1-2H3,(H,24,25,26);1-2H3. The molecule has 1 N–H and O–H groups in total. The first kappa shape index (κ1) is 20.9. The number of benzene rings is 2. The molecule has 3 heterocycles. The summed E-state index contributed by atoms with van der Waals surface area (Å²) < 4.78 is 17.1. The van der Waals surface area contributed by atoms with E-state index in [1.165, 1.54) is 0 Å². The van der Waals surface area contributed by atoms with Crippen LogP contribution >= 0.6 is 0 Å². The van der Waals surface area contributed by atoms with Crippen LogP contribution in [-0.4, -0.2) is 29.9 Å². The number of ether oxygens (including phenoxy) is 3. The van der Waals surface area contributed by atoms with Crippen molar-refractivity contribution in [2.75, 3.05) is 18.5 Å². The van der Waals surface area contributed by atoms with Crippen molar-refractivity contribution in [3.05, 3.63) is 71.4 Å². The highest BCUT2D eigenvalue weighted by Crippen LogP contribution is 2.45. The van der Waals surface area contributed by atoms with Crippen LogP contribution in [0.5, 0.6) is 11.5 Å². The second-order valence-corrected chi connectivity index (χ2v) is 7.42. The Morgan fingerprint density at radius 3 is 2.29 bits per heavy atom. The molecule has 0 unspecified atom stereocenters. The Kier molecular flexibility index (Phi) is 5.65. The minimum absolute atomic E-state index is 0.171. The van der Waals surface area contributed by atoms with Gasteiger partial charge in [-0.3, -0.25) is 4.79 Å². The van der Waals surface area contributed by atoms with E-state index >= 15 is 0 Å². The molecular formula is C25H26N2O4. The van der Waals surface area contributed by atoms with Crippen molar-refractivity contribution in [2.45, 2.75) is 33.5 Å². The van der Waals surface area contributed by atoms with Crippen LogP contribution in [0.4, 0.5) is 5.82 Å². The Labute approximate surface area is 182 Å². The lowest BCUT2D eigenvalue weighted by Gasteiger charge is -2.34. The number of nitrogens with zero attached hydrogens (tertiary/aromatic N) is 1. The van der Waals surface area contributed by atoms with Crippen molar-refractivity contribution in [1.82, 2.24) is 4.98 Å². The minimum Gasteiger partial charge on any atom is -0.444 e. The number of amides is 1. The maximum Gasteiger partial charge on any atom is 0.298 e. The summed E-state index contributed by atoms with van der Waals surface area (Å²) in [7, 11) is 0. The van der Waals surface area contributed by atoms with Crippen molar-refractivity contribution in [3.63, 3.8) is 0 Å². The summed E-state index contributed by atoms with van der Waals surface area (Å²) >= 11 is 0. The molecule has 1 saturated heterocycles. The van der Waals surface area contributed by atoms with Gasteiger partial charge in [-0.05, 0) is 60.9 Å². The zero-order chi connectivity index (χ0) is 22.0. The Morgan fingerprint density at radius 1 is 0.968 bits per heavy atom. The van der Waals surface area contributed by atoms with Crippen LogP contribution in [-0.2, 0) is 4.74 Å². The van der Waals surface area contributed by atoms with Gasteiger partial charge in [0, 0.05) is 17.3 Å². The first-order valence-corrected chi connectivity index (χ1v) is 10.5. The molecule has 5 rings (SSSR count). The molecule has 0 saturated carbocycles. The zero-order valence-electron chi connectivity index (χ0n) is 18.2. The van der Waals surface area contributed by atoms with Gasteiger partial charge in [-0.1, -0.05) is 32.0 Å². The summed E-state index contributed by atoms with van der Waals surface area (Å²) in [4.78, 5) is 16.9. The van der Waals surface area contributed by atoms with Crippen LogP contribution in [0.3, 0.4) is 0 Å². The highest BCUT2D eigenvalue weighted by Gasteiger charge is 2.49. The molecule has 2 aliphatic heterocycles. The number of carbonyl (C=O) groups excluding carboxylic acids is 1. The van der Waals surface area contributed by atoms with Gasteiger partial charge in [0.15, 0.2) is 11.5 Å². The van der Waals surface area contributed by atoms with E-state index in [2.05, 4.69) is 10.3 Å². The van der Waals surface area contributed by atoms with E-state index in [9.17, 15) is 4.79 Å². The highest BCUT2D eigenvalue weighted by atomic mass is 16.8. The van der Waals surface area contributed by atoms with Gasteiger partial charge in [0.1, 0.15) is 19.0 Å². The first-order chi connectivity index (χ1) is 15.0. The van der Waals surface area contributed by atoms with Gasteiger partial charge in [-0.2, -0.15) is 0 Å². The molecule has 1 aromatic heterocycles. The van der Waals surface area contributed by atoms with E-state index in [-0.39, 0.29) is 5.91 Å². The number of aryl methyl sites for hydroxylation is 2. The predicted octanol–water partition coefficient (Wildman–Crippen LogP) is 5.14. The molecule has 160 valence electrons. The molecule has 0 atom stereocenters. The molecule has 6 nitrogen and oxygen atoms in total. The number of rotatable bonds is 3. The Morgan fingerprint density at radius 2 is 1.68 bits per heavy atom. The molecule has 3 aromatic rings. The Hall–Kier alpha value is -3.38. The third-order valence-electron chi connectivity index (χ3n) is 5.23. The lowest BCUT2D eigenvalue weighted by Crippen LogP contribution is -2.56. The second-order valence-electron chi connectivity index (χ2n) is 7.42. The normalized spacial score (nSPS) is 15.0. The van der Waals surface area contributed by atoms with Crippen molar-refractivity contribution < 1.29 is 19.0 Å². The van der Waals surface area contributed by atoms with Gasteiger partial charge in [-0.25, -0.2) is 4.98 Å². The van der Waals surface area contributed by atoms with E-state index in [1.54, 1.807) is 18.3 Å². The summed E-state index contributed by atoms with van der Waals surface area (Å²) in [6, 6.07) is 15.2. The quantitative estimate of drug-likeness (QED) is 0.638. The number of aromatic nitrogens is 1. The highest BCUT2D eigenvalue weighted by molar-refractivity contribution is 6.04. The number of hydrogen-bond donors (Lipinski definition) is 1. The van der Waals surface area contributed by atoms with E-state index < -0.39 is 5.79 Å². The lowest BCUT2D eigenvalue weighted by molar-refractivity contribution is -0.246. The maximum absolute atomic E-state index is 12.5. The van der Waals surface area contributed by atoms with Crippen LogP contribution in [0, 0.1) is 13.8 Å². The fourth-order valence-electron chi connectivity index (χ4n) is 3.58. The van der Waals surface area contributed by atoms with Gasteiger partial charge in [-0.15, -0.1) is 0 Å². The number of nitrogens with one attached hydrogen (secondary N) is 1. The minimum atomic E-state index is -0.657. The number of fused-ring (bicyclic) bond motifs is 1. The van der Waals surface area contributed by atoms with Gasteiger partial charge >= 0.3 is 0 Å². The van der Waals surface area contributed by atoms with E-state index in [0.29, 0.717) is 30.3 Å². The van der Waals surface area contributed by atoms with Gasteiger partial charge in [0.2, 0.25) is 0 Å². The molecule has 2 aliphatic rings. The van der Waals surface area contributed by atoms with Crippen molar-refractivity contribution in [2.24, 2.45) is 0 Å². The maximum atomic E-state index is 12.5. The Balaban J connectivity index is 0.00000112. The average molecular weight is 418 g/mol. The summed E-state index contributed by atoms with van der Waals surface area (Å²) in [5, 5.41) is 2.85. The van der Waals surface area contributed by atoms with Crippen LogP contribution in [0.25, 0.3) is 11.1 Å². The molecule has 1 amide bonds. The number of hydrogen-bond acceptors (Lipinski definition) is 5.